The molecule has 1 N–H and O–H groups in total. The molecule has 0 amide bonds. The van der Waals surface area contributed by atoms with Gasteiger partial charge in [0.1, 0.15) is 17.3 Å². The molecular weight excluding hydrogens is 305 g/mol. The van der Waals surface area contributed by atoms with E-state index in [4.69, 9.17) is 16.3 Å². The van der Waals surface area contributed by atoms with Crippen LogP contribution in [-0.4, -0.2) is 29.2 Å². The van der Waals surface area contributed by atoms with Crippen molar-refractivity contribution in [3.63, 3.8) is 0 Å². The molecule has 1 aromatic rings. The van der Waals surface area contributed by atoms with Gasteiger partial charge in [-0.15, -0.1) is 0 Å². The van der Waals surface area contributed by atoms with Gasteiger partial charge in [-0.2, -0.15) is 0 Å². The fourth-order valence-electron chi connectivity index (χ4n) is 2.00. The van der Waals surface area contributed by atoms with Gasteiger partial charge in [0.15, 0.2) is 0 Å². The summed E-state index contributed by atoms with van der Waals surface area (Å²) in [7, 11) is 0. The molecule has 2 heterocycles. The van der Waals surface area contributed by atoms with Crippen molar-refractivity contribution in [1.29, 1.82) is 0 Å². The first kappa shape index (κ1) is 13.1. The number of halogens is 2. The van der Waals surface area contributed by atoms with Gasteiger partial charge in [0, 0.05) is 19.3 Å². The van der Waals surface area contributed by atoms with E-state index >= 15 is 0 Å². The van der Waals surface area contributed by atoms with Crippen molar-refractivity contribution in [3.8, 4) is 0 Å². The second kappa shape index (κ2) is 5.98. The number of rotatable bonds is 3. The van der Waals surface area contributed by atoms with Gasteiger partial charge < -0.3 is 10.1 Å². The lowest BCUT2D eigenvalue weighted by molar-refractivity contribution is 0.0622. The van der Waals surface area contributed by atoms with E-state index in [-0.39, 0.29) is 0 Å². The third kappa shape index (κ3) is 3.30. The third-order valence-corrected chi connectivity index (χ3v) is 4.35. The minimum atomic E-state index is 0.348. The van der Waals surface area contributed by atoms with E-state index in [0.717, 1.165) is 36.3 Å². The molecule has 1 aromatic heterocycles. The van der Waals surface area contributed by atoms with Crippen molar-refractivity contribution in [2.75, 3.05) is 18.5 Å². The first-order chi connectivity index (χ1) is 8.18. The highest BCUT2D eigenvalue weighted by Crippen LogP contribution is 2.28. The first-order valence-corrected chi connectivity index (χ1v) is 6.86. The van der Waals surface area contributed by atoms with E-state index in [1.807, 2.05) is 0 Å². The molecule has 1 saturated heterocycles. The van der Waals surface area contributed by atoms with E-state index in [9.17, 15) is 0 Å². The van der Waals surface area contributed by atoms with E-state index in [1.54, 1.807) is 0 Å². The van der Waals surface area contributed by atoms with Crippen LogP contribution in [0.15, 0.2) is 10.8 Å². The van der Waals surface area contributed by atoms with E-state index in [1.165, 1.54) is 6.33 Å². The molecule has 2 rings (SSSR count). The van der Waals surface area contributed by atoms with Crippen LogP contribution in [0.1, 0.15) is 19.8 Å². The van der Waals surface area contributed by atoms with Gasteiger partial charge in [-0.05, 0) is 41.6 Å². The highest BCUT2D eigenvalue weighted by atomic mass is 79.9. The number of aromatic nitrogens is 2. The molecule has 0 saturated carbocycles. The predicted octanol–water partition coefficient (Wildman–Crippen LogP) is 3.12. The zero-order valence-corrected chi connectivity index (χ0v) is 12.0. The van der Waals surface area contributed by atoms with E-state index in [0.29, 0.717) is 17.1 Å². The minimum absolute atomic E-state index is 0.348. The molecule has 0 aliphatic carbocycles. The molecule has 1 aliphatic rings. The summed E-state index contributed by atoms with van der Waals surface area (Å²) in [6, 6.07) is 0.348. The Bertz CT molecular complexity index is 385. The zero-order valence-electron chi connectivity index (χ0n) is 9.62. The number of ether oxygens (including phenoxy) is 1. The van der Waals surface area contributed by atoms with Gasteiger partial charge in [-0.1, -0.05) is 11.6 Å². The summed E-state index contributed by atoms with van der Waals surface area (Å²) < 4.78 is 6.08. The SMILES string of the molecule is CC(Nc1ncnc(Cl)c1Br)C1CCOCC1. The number of nitrogens with one attached hydrogen (secondary N) is 1. The van der Waals surface area contributed by atoms with Crippen LogP contribution in [0.5, 0.6) is 0 Å². The lowest BCUT2D eigenvalue weighted by Crippen LogP contribution is -2.31. The Labute approximate surface area is 114 Å². The molecule has 1 aliphatic heterocycles. The van der Waals surface area contributed by atoms with Crippen molar-refractivity contribution < 1.29 is 4.74 Å². The number of nitrogens with zero attached hydrogens (tertiary/aromatic N) is 2. The van der Waals surface area contributed by atoms with Crippen LogP contribution in [0.3, 0.4) is 0 Å². The minimum Gasteiger partial charge on any atom is -0.381 e. The average Bonchev–Trinajstić information content (AvgIpc) is 2.36. The van der Waals surface area contributed by atoms with Gasteiger partial charge in [0.05, 0.1) is 4.47 Å². The standard InChI is InChI=1S/C11H15BrClN3O/c1-7(8-2-4-17-5-3-8)16-11-9(12)10(13)14-6-15-11/h6-8H,2-5H2,1H3,(H,14,15,16). The van der Waals surface area contributed by atoms with Crippen molar-refractivity contribution in [1.82, 2.24) is 9.97 Å². The van der Waals surface area contributed by atoms with Crippen molar-refractivity contribution in [2.24, 2.45) is 5.92 Å². The molecule has 1 atom stereocenters. The summed E-state index contributed by atoms with van der Waals surface area (Å²) in [5.74, 6) is 1.37. The van der Waals surface area contributed by atoms with Crippen molar-refractivity contribution >= 4 is 33.3 Å². The topological polar surface area (TPSA) is 47.0 Å². The fourth-order valence-corrected chi connectivity index (χ4v) is 2.45. The molecular formula is C11H15BrClN3O. The fraction of sp³-hybridized carbons (Fsp3) is 0.636. The van der Waals surface area contributed by atoms with Crippen LogP contribution < -0.4 is 5.32 Å². The molecule has 1 fully saturated rings. The van der Waals surface area contributed by atoms with Crippen LogP contribution in [0, 0.1) is 5.92 Å². The Morgan fingerprint density at radius 3 is 2.88 bits per heavy atom. The summed E-state index contributed by atoms with van der Waals surface area (Å²) >= 11 is 9.31. The molecule has 17 heavy (non-hydrogen) atoms. The van der Waals surface area contributed by atoms with Crippen LogP contribution >= 0.6 is 27.5 Å². The average molecular weight is 321 g/mol. The third-order valence-electron chi connectivity index (χ3n) is 3.08. The Morgan fingerprint density at radius 1 is 1.47 bits per heavy atom. The highest BCUT2D eigenvalue weighted by Gasteiger charge is 2.21. The Balaban J connectivity index is 2.01. The van der Waals surface area contributed by atoms with Crippen LogP contribution in [-0.2, 0) is 4.74 Å². The molecule has 0 aromatic carbocycles. The van der Waals surface area contributed by atoms with Crippen LogP contribution in [0.2, 0.25) is 5.15 Å². The first-order valence-electron chi connectivity index (χ1n) is 5.68. The van der Waals surface area contributed by atoms with E-state index in [2.05, 4.69) is 38.1 Å². The zero-order chi connectivity index (χ0) is 12.3. The van der Waals surface area contributed by atoms with Gasteiger partial charge in [-0.25, -0.2) is 9.97 Å². The number of hydrogen-bond donors (Lipinski definition) is 1. The Morgan fingerprint density at radius 2 is 2.18 bits per heavy atom. The normalized spacial score (nSPS) is 19.0. The highest BCUT2D eigenvalue weighted by molar-refractivity contribution is 9.10. The van der Waals surface area contributed by atoms with Crippen LogP contribution in [0.25, 0.3) is 0 Å². The molecule has 1 unspecified atom stereocenters. The van der Waals surface area contributed by atoms with Gasteiger partial charge >= 0.3 is 0 Å². The summed E-state index contributed by atoms with van der Waals surface area (Å²) in [6.07, 6.45) is 3.64. The summed E-state index contributed by atoms with van der Waals surface area (Å²) in [6.45, 7) is 3.86. The Kier molecular flexibility index (Phi) is 4.59. The predicted molar refractivity (Wildman–Crippen MR) is 71.4 cm³/mol. The molecule has 6 heteroatoms. The molecule has 0 bridgehead atoms. The lowest BCUT2D eigenvalue weighted by Gasteiger charge is -2.28. The number of anilines is 1. The van der Waals surface area contributed by atoms with Crippen LogP contribution in [0.4, 0.5) is 5.82 Å². The largest absolute Gasteiger partial charge is 0.381 e. The molecule has 94 valence electrons. The number of hydrogen-bond acceptors (Lipinski definition) is 4. The lowest BCUT2D eigenvalue weighted by atomic mass is 9.93. The quantitative estimate of drug-likeness (QED) is 0.869. The molecule has 0 radical (unpaired) electrons. The maximum Gasteiger partial charge on any atom is 0.148 e. The van der Waals surface area contributed by atoms with Gasteiger partial charge in [-0.3, -0.25) is 0 Å². The second-order valence-corrected chi connectivity index (χ2v) is 5.36. The second-order valence-electron chi connectivity index (χ2n) is 4.21. The molecule has 4 nitrogen and oxygen atoms in total. The summed E-state index contributed by atoms with van der Waals surface area (Å²) in [5.41, 5.74) is 0. The monoisotopic (exact) mass is 319 g/mol. The van der Waals surface area contributed by atoms with Crippen molar-refractivity contribution in [3.05, 3.63) is 16.0 Å². The van der Waals surface area contributed by atoms with E-state index < -0.39 is 0 Å². The Hall–Kier alpha value is -0.390. The summed E-state index contributed by atoms with van der Waals surface area (Å²) in [4.78, 5) is 8.10. The maximum absolute atomic E-state index is 5.93. The van der Waals surface area contributed by atoms with Crippen molar-refractivity contribution in [2.45, 2.75) is 25.8 Å². The van der Waals surface area contributed by atoms with Gasteiger partial charge in [0.2, 0.25) is 0 Å². The maximum atomic E-state index is 5.93. The molecule has 0 spiro atoms. The van der Waals surface area contributed by atoms with Gasteiger partial charge in [0.25, 0.3) is 0 Å². The summed E-state index contributed by atoms with van der Waals surface area (Å²) in [5, 5.41) is 3.81. The smallest absolute Gasteiger partial charge is 0.148 e.